The molecule has 1 atom stereocenters. The number of hydrogen-bond donors (Lipinski definition) is 2. The largest absolute Gasteiger partial charge is 0.379 e. The molecule has 3 nitrogen and oxygen atoms in total. The van der Waals surface area contributed by atoms with E-state index in [1.54, 1.807) is 6.92 Å². The van der Waals surface area contributed by atoms with Crippen molar-refractivity contribution >= 4 is 5.78 Å². The van der Waals surface area contributed by atoms with Crippen molar-refractivity contribution in [1.82, 2.24) is 0 Å². The van der Waals surface area contributed by atoms with Crippen LogP contribution >= 0.6 is 0 Å². The molecular weight excluding hydrogens is 202 g/mol. The van der Waals surface area contributed by atoms with Gasteiger partial charge in [-0.1, -0.05) is 43.7 Å². The third kappa shape index (κ3) is 9.37. The number of aliphatic hydroxyl groups is 1. The standard InChI is InChI=1S/C9H10O.C4H11NO/c1-8(10)7-9-5-3-2-4-6-9;1-2-3-4(5)6/h2-6H,7H2,1H3;4,6H,2-3,5H2,1H3. The molecule has 0 bridgehead atoms. The Balaban J connectivity index is 0.000000325. The molecule has 16 heavy (non-hydrogen) atoms. The first-order valence-electron chi connectivity index (χ1n) is 5.53. The van der Waals surface area contributed by atoms with Crippen LogP contribution in [0.5, 0.6) is 0 Å². The molecule has 1 unspecified atom stereocenters. The highest BCUT2D eigenvalue weighted by atomic mass is 16.3. The number of carbonyl (C=O) groups is 1. The minimum atomic E-state index is -0.602. The van der Waals surface area contributed by atoms with E-state index < -0.39 is 6.23 Å². The molecule has 0 aliphatic heterocycles. The van der Waals surface area contributed by atoms with E-state index in [1.807, 2.05) is 37.3 Å². The number of Topliss-reactive ketones (excluding diaryl/α,β-unsaturated/α-hetero) is 1. The van der Waals surface area contributed by atoms with Gasteiger partial charge < -0.3 is 10.8 Å². The van der Waals surface area contributed by atoms with Gasteiger partial charge in [0.15, 0.2) is 0 Å². The van der Waals surface area contributed by atoms with Crippen molar-refractivity contribution in [2.45, 2.75) is 39.3 Å². The van der Waals surface area contributed by atoms with Gasteiger partial charge in [-0.3, -0.25) is 4.79 Å². The average Bonchev–Trinajstić information content (AvgIpc) is 2.18. The van der Waals surface area contributed by atoms with Gasteiger partial charge in [0.2, 0.25) is 0 Å². The van der Waals surface area contributed by atoms with Crippen LogP contribution in [-0.4, -0.2) is 17.1 Å². The van der Waals surface area contributed by atoms with Gasteiger partial charge in [0, 0.05) is 6.42 Å². The predicted octanol–water partition coefficient (Wildman–Crippen LogP) is 1.88. The van der Waals surface area contributed by atoms with Gasteiger partial charge in [-0.25, -0.2) is 0 Å². The minimum Gasteiger partial charge on any atom is -0.379 e. The fourth-order valence-electron chi connectivity index (χ4n) is 1.18. The summed E-state index contributed by atoms with van der Waals surface area (Å²) in [7, 11) is 0. The Bertz CT molecular complexity index is 283. The summed E-state index contributed by atoms with van der Waals surface area (Å²) in [5, 5.41) is 8.33. The summed E-state index contributed by atoms with van der Waals surface area (Å²) in [6, 6.07) is 9.75. The maximum absolute atomic E-state index is 10.6. The zero-order valence-electron chi connectivity index (χ0n) is 10.0. The summed E-state index contributed by atoms with van der Waals surface area (Å²) >= 11 is 0. The maximum atomic E-state index is 10.6. The highest BCUT2D eigenvalue weighted by Gasteiger charge is 1.93. The van der Waals surface area contributed by atoms with Crippen LogP contribution < -0.4 is 5.73 Å². The van der Waals surface area contributed by atoms with Crippen LogP contribution in [-0.2, 0) is 11.2 Å². The van der Waals surface area contributed by atoms with E-state index in [0.717, 1.165) is 12.0 Å². The highest BCUT2D eigenvalue weighted by Crippen LogP contribution is 1.98. The summed E-state index contributed by atoms with van der Waals surface area (Å²) in [6.45, 7) is 3.59. The zero-order valence-corrected chi connectivity index (χ0v) is 10.0. The van der Waals surface area contributed by atoms with Gasteiger partial charge >= 0.3 is 0 Å². The van der Waals surface area contributed by atoms with Crippen LogP contribution in [0.4, 0.5) is 0 Å². The van der Waals surface area contributed by atoms with Gasteiger partial charge in [0.1, 0.15) is 12.0 Å². The smallest absolute Gasteiger partial charge is 0.134 e. The average molecular weight is 223 g/mol. The summed E-state index contributed by atoms with van der Waals surface area (Å²) in [6.07, 6.45) is 1.62. The molecule has 1 aromatic carbocycles. The Labute approximate surface area is 97.3 Å². The Morgan fingerprint density at radius 2 is 1.94 bits per heavy atom. The quantitative estimate of drug-likeness (QED) is 0.766. The second-order valence-electron chi connectivity index (χ2n) is 3.72. The first-order valence-corrected chi connectivity index (χ1v) is 5.53. The van der Waals surface area contributed by atoms with Gasteiger partial charge in [-0.05, 0) is 18.9 Å². The lowest BCUT2D eigenvalue weighted by Crippen LogP contribution is -2.17. The van der Waals surface area contributed by atoms with Crippen LogP contribution in [0.3, 0.4) is 0 Å². The summed E-state index contributed by atoms with van der Waals surface area (Å²) in [4.78, 5) is 10.6. The normalized spacial score (nSPS) is 11.2. The minimum absolute atomic E-state index is 0.214. The number of rotatable bonds is 4. The number of hydrogen-bond acceptors (Lipinski definition) is 3. The van der Waals surface area contributed by atoms with E-state index in [-0.39, 0.29) is 5.78 Å². The molecule has 0 radical (unpaired) electrons. The molecule has 1 rings (SSSR count). The molecule has 1 aromatic rings. The monoisotopic (exact) mass is 223 g/mol. The Hall–Kier alpha value is -1.19. The van der Waals surface area contributed by atoms with Crippen LogP contribution in [0.15, 0.2) is 30.3 Å². The molecule has 3 N–H and O–H groups in total. The van der Waals surface area contributed by atoms with Gasteiger partial charge in [-0.2, -0.15) is 0 Å². The van der Waals surface area contributed by atoms with Crippen LogP contribution in [0.25, 0.3) is 0 Å². The van der Waals surface area contributed by atoms with Crippen molar-refractivity contribution in [1.29, 1.82) is 0 Å². The predicted molar refractivity (Wildman–Crippen MR) is 65.9 cm³/mol. The number of carbonyl (C=O) groups excluding carboxylic acids is 1. The van der Waals surface area contributed by atoms with E-state index >= 15 is 0 Å². The Morgan fingerprint density at radius 3 is 2.25 bits per heavy atom. The second-order valence-corrected chi connectivity index (χ2v) is 3.72. The van der Waals surface area contributed by atoms with Gasteiger partial charge in [-0.15, -0.1) is 0 Å². The second kappa shape index (κ2) is 9.07. The topological polar surface area (TPSA) is 63.3 Å². The van der Waals surface area contributed by atoms with Crippen molar-refractivity contribution in [3.63, 3.8) is 0 Å². The van der Waals surface area contributed by atoms with Crippen molar-refractivity contribution in [3.05, 3.63) is 35.9 Å². The van der Waals surface area contributed by atoms with E-state index in [1.165, 1.54) is 0 Å². The van der Waals surface area contributed by atoms with E-state index in [9.17, 15) is 4.79 Å². The molecule has 0 aliphatic carbocycles. The van der Waals surface area contributed by atoms with Crippen LogP contribution in [0, 0.1) is 0 Å². The van der Waals surface area contributed by atoms with E-state index in [4.69, 9.17) is 10.8 Å². The summed E-state index contributed by atoms with van der Waals surface area (Å²) in [5.74, 6) is 0.214. The van der Waals surface area contributed by atoms with Crippen molar-refractivity contribution < 1.29 is 9.90 Å². The van der Waals surface area contributed by atoms with Gasteiger partial charge in [0.25, 0.3) is 0 Å². The van der Waals surface area contributed by atoms with E-state index in [2.05, 4.69) is 0 Å². The fourth-order valence-corrected chi connectivity index (χ4v) is 1.18. The molecule has 90 valence electrons. The maximum Gasteiger partial charge on any atom is 0.134 e. The lowest BCUT2D eigenvalue weighted by molar-refractivity contribution is -0.116. The number of ketones is 1. The molecule has 0 aliphatic rings. The highest BCUT2D eigenvalue weighted by molar-refractivity contribution is 5.78. The Morgan fingerprint density at radius 1 is 1.38 bits per heavy atom. The molecule has 0 amide bonds. The SMILES string of the molecule is CC(=O)Cc1ccccc1.CCCC(N)O. The number of benzene rings is 1. The summed E-state index contributed by atoms with van der Waals surface area (Å²) < 4.78 is 0. The molecule has 0 aromatic heterocycles. The fraction of sp³-hybridized carbons (Fsp3) is 0.462. The molecule has 3 heteroatoms. The molecular formula is C13H21NO2. The third-order valence-electron chi connectivity index (χ3n) is 1.88. The lowest BCUT2D eigenvalue weighted by Gasteiger charge is -1.96. The van der Waals surface area contributed by atoms with Crippen LogP contribution in [0.2, 0.25) is 0 Å². The Kier molecular flexibility index (Phi) is 8.39. The van der Waals surface area contributed by atoms with E-state index in [0.29, 0.717) is 12.8 Å². The molecule has 0 saturated heterocycles. The van der Waals surface area contributed by atoms with Crippen LogP contribution in [0.1, 0.15) is 32.3 Å². The van der Waals surface area contributed by atoms with Gasteiger partial charge in [0.05, 0.1) is 0 Å². The third-order valence-corrected chi connectivity index (χ3v) is 1.88. The van der Waals surface area contributed by atoms with Crippen molar-refractivity contribution in [2.24, 2.45) is 5.73 Å². The molecule has 0 fully saturated rings. The molecule has 0 spiro atoms. The lowest BCUT2D eigenvalue weighted by atomic mass is 10.1. The molecule has 0 saturated carbocycles. The molecule has 0 heterocycles. The first kappa shape index (κ1) is 14.8. The van der Waals surface area contributed by atoms with Crippen molar-refractivity contribution in [3.8, 4) is 0 Å². The number of aliphatic hydroxyl groups excluding tert-OH is 1. The van der Waals surface area contributed by atoms with Crippen molar-refractivity contribution in [2.75, 3.05) is 0 Å². The zero-order chi connectivity index (χ0) is 12.4. The summed E-state index contributed by atoms with van der Waals surface area (Å²) in [5.41, 5.74) is 6.05. The first-order chi connectivity index (χ1) is 7.56. The number of nitrogens with two attached hydrogens (primary N) is 1.